The Morgan fingerprint density at radius 1 is 1.35 bits per heavy atom. The van der Waals surface area contributed by atoms with E-state index in [1.54, 1.807) is 13.1 Å². The third-order valence-corrected chi connectivity index (χ3v) is 4.09. The molecule has 9 heteroatoms. The van der Waals surface area contributed by atoms with Gasteiger partial charge in [0.15, 0.2) is 0 Å². The van der Waals surface area contributed by atoms with Crippen LogP contribution in [0.15, 0.2) is 21.6 Å². The number of furan rings is 1. The van der Waals surface area contributed by atoms with E-state index in [0.717, 1.165) is 0 Å². The number of ether oxygens (including phenoxy) is 1. The van der Waals surface area contributed by atoms with Gasteiger partial charge in [0.2, 0.25) is 5.09 Å². The Bertz CT molecular complexity index is 619. The van der Waals surface area contributed by atoms with E-state index in [-0.39, 0.29) is 11.2 Å². The number of carbonyl (C=O) groups is 1. The summed E-state index contributed by atoms with van der Waals surface area (Å²) in [6, 6.07) is 2.99. The van der Waals surface area contributed by atoms with Crippen LogP contribution in [0, 0.1) is 0 Å². The lowest BCUT2D eigenvalue weighted by Crippen LogP contribution is -2.37. The number of rotatable bonds is 7. The predicted molar refractivity (Wildman–Crippen MR) is 85.5 cm³/mol. The van der Waals surface area contributed by atoms with Gasteiger partial charge in [-0.15, -0.1) is 0 Å². The van der Waals surface area contributed by atoms with Crippen LogP contribution in [0.25, 0.3) is 0 Å². The molecule has 132 valence electrons. The summed E-state index contributed by atoms with van der Waals surface area (Å²) in [6.07, 6.45) is -0.389. The standard InChI is InChI=1S/C14H25N3O5S/c1-14(2,3)22-13(18)17(5)9-8-16-10-11-6-7-12(21-11)23(19,20)15-4/h6-7,15-16H,8-10H2,1-5H3. The van der Waals surface area contributed by atoms with Crippen molar-refractivity contribution < 1.29 is 22.4 Å². The van der Waals surface area contributed by atoms with Crippen LogP contribution in [0.1, 0.15) is 26.5 Å². The maximum Gasteiger partial charge on any atom is 0.410 e. The summed E-state index contributed by atoms with van der Waals surface area (Å²) in [7, 11) is -0.589. The van der Waals surface area contributed by atoms with E-state index in [1.165, 1.54) is 18.0 Å². The van der Waals surface area contributed by atoms with Crippen molar-refractivity contribution in [3.8, 4) is 0 Å². The third kappa shape index (κ3) is 6.59. The van der Waals surface area contributed by atoms with Crippen LogP contribution in [-0.4, -0.2) is 52.2 Å². The number of carbonyl (C=O) groups excluding carboxylic acids is 1. The average molecular weight is 347 g/mol. The number of nitrogens with zero attached hydrogens (tertiary/aromatic N) is 1. The van der Waals surface area contributed by atoms with Gasteiger partial charge in [-0.3, -0.25) is 0 Å². The monoisotopic (exact) mass is 347 g/mol. The third-order valence-electron chi connectivity index (χ3n) is 2.80. The number of likely N-dealkylation sites (N-methyl/N-ethyl adjacent to an activating group) is 1. The molecule has 0 aliphatic carbocycles. The van der Waals surface area contributed by atoms with Crippen LogP contribution in [0.2, 0.25) is 0 Å². The summed E-state index contributed by atoms with van der Waals surface area (Å²) < 4.78 is 35.7. The second-order valence-electron chi connectivity index (χ2n) is 6.01. The van der Waals surface area contributed by atoms with Crippen molar-refractivity contribution in [2.45, 2.75) is 38.0 Å². The largest absolute Gasteiger partial charge is 0.447 e. The first-order valence-corrected chi connectivity index (χ1v) is 8.70. The Morgan fingerprint density at radius 2 is 2.00 bits per heavy atom. The maximum absolute atomic E-state index is 11.8. The SMILES string of the molecule is CNS(=O)(=O)c1ccc(CNCCN(C)C(=O)OC(C)(C)C)o1. The molecule has 0 bridgehead atoms. The highest BCUT2D eigenvalue weighted by Crippen LogP contribution is 2.13. The fraction of sp³-hybridized carbons (Fsp3) is 0.643. The van der Waals surface area contributed by atoms with Crippen molar-refractivity contribution in [3.05, 3.63) is 17.9 Å². The second kappa shape index (κ2) is 7.80. The van der Waals surface area contributed by atoms with Crippen LogP contribution in [0.4, 0.5) is 4.79 Å². The summed E-state index contributed by atoms with van der Waals surface area (Å²) in [5.74, 6) is 0.499. The minimum Gasteiger partial charge on any atom is -0.447 e. The van der Waals surface area contributed by atoms with E-state index in [9.17, 15) is 13.2 Å². The molecule has 8 nitrogen and oxygen atoms in total. The van der Waals surface area contributed by atoms with Crippen LogP contribution in [-0.2, 0) is 21.3 Å². The molecule has 1 aromatic rings. The van der Waals surface area contributed by atoms with E-state index in [2.05, 4.69) is 10.0 Å². The average Bonchev–Trinajstić information content (AvgIpc) is 2.91. The Morgan fingerprint density at radius 3 is 2.57 bits per heavy atom. The summed E-state index contributed by atoms with van der Waals surface area (Å²) >= 11 is 0. The number of hydrogen-bond acceptors (Lipinski definition) is 6. The zero-order valence-corrected chi connectivity index (χ0v) is 15.0. The van der Waals surface area contributed by atoms with Crippen molar-refractivity contribution in [3.63, 3.8) is 0 Å². The Hall–Kier alpha value is -1.58. The molecule has 1 heterocycles. The lowest BCUT2D eigenvalue weighted by molar-refractivity contribution is 0.0300. The molecule has 0 aliphatic heterocycles. The fourth-order valence-corrected chi connectivity index (χ4v) is 2.25. The van der Waals surface area contributed by atoms with Gasteiger partial charge in [0.05, 0.1) is 6.54 Å². The van der Waals surface area contributed by atoms with Crippen molar-refractivity contribution in [1.29, 1.82) is 0 Å². The molecule has 0 unspecified atom stereocenters. The molecule has 1 aromatic heterocycles. The molecule has 0 saturated heterocycles. The maximum atomic E-state index is 11.8. The molecule has 0 spiro atoms. The smallest absolute Gasteiger partial charge is 0.410 e. The first-order valence-electron chi connectivity index (χ1n) is 7.22. The van der Waals surface area contributed by atoms with E-state index in [1.807, 2.05) is 20.8 Å². The van der Waals surface area contributed by atoms with E-state index >= 15 is 0 Å². The summed E-state index contributed by atoms with van der Waals surface area (Å²) in [5, 5.41) is 2.95. The van der Waals surface area contributed by atoms with Crippen molar-refractivity contribution in [1.82, 2.24) is 14.9 Å². The molecular formula is C14H25N3O5S. The molecule has 0 saturated carbocycles. The summed E-state index contributed by atoms with van der Waals surface area (Å²) in [4.78, 5) is 13.2. The van der Waals surface area contributed by atoms with Gasteiger partial charge in [-0.05, 0) is 40.0 Å². The quantitative estimate of drug-likeness (QED) is 0.718. The number of sulfonamides is 1. The van der Waals surface area contributed by atoms with Crippen molar-refractivity contribution in [2.24, 2.45) is 0 Å². The molecular weight excluding hydrogens is 322 g/mol. The zero-order chi connectivity index (χ0) is 17.7. The van der Waals surface area contributed by atoms with Gasteiger partial charge in [0.1, 0.15) is 11.4 Å². The highest BCUT2D eigenvalue weighted by Gasteiger charge is 2.19. The molecule has 1 rings (SSSR count). The zero-order valence-electron chi connectivity index (χ0n) is 14.2. The summed E-state index contributed by atoms with van der Waals surface area (Å²) in [5.41, 5.74) is -0.526. The molecule has 0 fully saturated rings. The summed E-state index contributed by atoms with van der Waals surface area (Å²) in [6.45, 7) is 6.77. The fourth-order valence-electron chi connectivity index (χ4n) is 1.59. The topological polar surface area (TPSA) is 101 Å². The van der Waals surface area contributed by atoms with Crippen LogP contribution in [0.3, 0.4) is 0 Å². The molecule has 1 amide bonds. The Kier molecular flexibility index (Phi) is 6.60. The van der Waals surface area contributed by atoms with E-state index in [4.69, 9.17) is 9.15 Å². The first-order chi connectivity index (χ1) is 10.5. The van der Waals surface area contributed by atoms with Crippen LogP contribution >= 0.6 is 0 Å². The number of hydrogen-bond donors (Lipinski definition) is 2. The molecule has 0 aromatic carbocycles. The predicted octanol–water partition coefficient (Wildman–Crippen LogP) is 1.14. The number of nitrogens with one attached hydrogen (secondary N) is 2. The van der Waals surface area contributed by atoms with Crippen LogP contribution < -0.4 is 10.0 Å². The van der Waals surface area contributed by atoms with Gasteiger partial charge in [-0.25, -0.2) is 17.9 Å². The Balaban J connectivity index is 2.37. The lowest BCUT2D eigenvalue weighted by Gasteiger charge is -2.24. The van der Waals surface area contributed by atoms with Gasteiger partial charge >= 0.3 is 6.09 Å². The first kappa shape index (κ1) is 19.5. The second-order valence-corrected chi connectivity index (χ2v) is 7.82. The van der Waals surface area contributed by atoms with E-state index < -0.39 is 15.6 Å². The highest BCUT2D eigenvalue weighted by molar-refractivity contribution is 7.89. The minimum atomic E-state index is -3.56. The lowest BCUT2D eigenvalue weighted by atomic mass is 10.2. The van der Waals surface area contributed by atoms with Gasteiger partial charge < -0.3 is 19.4 Å². The molecule has 23 heavy (non-hydrogen) atoms. The normalized spacial score (nSPS) is 12.2. The number of amides is 1. The molecule has 0 atom stereocenters. The van der Waals surface area contributed by atoms with E-state index in [0.29, 0.717) is 25.4 Å². The van der Waals surface area contributed by atoms with Gasteiger partial charge in [0.25, 0.3) is 10.0 Å². The van der Waals surface area contributed by atoms with Gasteiger partial charge in [-0.2, -0.15) is 0 Å². The van der Waals surface area contributed by atoms with Crippen molar-refractivity contribution >= 4 is 16.1 Å². The molecule has 0 radical (unpaired) electrons. The van der Waals surface area contributed by atoms with Gasteiger partial charge in [-0.1, -0.05) is 0 Å². The molecule has 2 N–H and O–H groups in total. The van der Waals surface area contributed by atoms with Crippen molar-refractivity contribution in [2.75, 3.05) is 27.2 Å². The minimum absolute atomic E-state index is 0.123. The van der Waals surface area contributed by atoms with Gasteiger partial charge in [0, 0.05) is 20.1 Å². The molecule has 0 aliphatic rings. The highest BCUT2D eigenvalue weighted by atomic mass is 32.2. The van der Waals surface area contributed by atoms with Crippen LogP contribution in [0.5, 0.6) is 0 Å². The Labute approximate surface area is 137 Å².